The van der Waals surface area contributed by atoms with Gasteiger partial charge in [-0.05, 0) is 48.9 Å². The smallest absolute Gasteiger partial charge is 0.224 e. The molecule has 1 amide bonds. The van der Waals surface area contributed by atoms with Crippen molar-refractivity contribution in [3.05, 3.63) is 47.5 Å². The van der Waals surface area contributed by atoms with E-state index in [9.17, 15) is 4.79 Å². The van der Waals surface area contributed by atoms with Crippen molar-refractivity contribution in [2.75, 3.05) is 59.1 Å². The molecule has 190 valence electrons. The van der Waals surface area contributed by atoms with E-state index in [1.54, 1.807) is 0 Å². The summed E-state index contributed by atoms with van der Waals surface area (Å²) in [4.78, 5) is 22.4. The molecular weight excluding hydrogens is 442 g/mol. The van der Waals surface area contributed by atoms with Crippen LogP contribution in [-0.4, -0.2) is 84.3 Å². The minimum Gasteiger partial charge on any atom is -0.493 e. The van der Waals surface area contributed by atoms with Gasteiger partial charge >= 0.3 is 0 Å². The summed E-state index contributed by atoms with van der Waals surface area (Å²) in [5.74, 6) is 2.40. The van der Waals surface area contributed by atoms with Gasteiger partial charge in [0.15, 0.2) is 0 Å². The minimum atomic E-state index is -0.0395. The van der Waals surface area contributed by atoms with Gasteiger partial charge in [0.2, 0.25) is 5.91 Å². The van der Waals surface area contributed by atoms with Crippen LogP contribution >= 0.6 is 0 Å². The largest absolute Gasteiger partial charge is 0.493 e. The number of aromatic nitrogens is 2. The molecule has 2 atom stereocenters. The van der Waals surface area contributed by atoms with Gasteiger partial charge in [-0.15, -0.1) is 0 Å². The van der Waals surface area contributed by atoms with E-state index in [1.165, 1.54) is 24.0 Å². The Morgan fingerprint density at radius 2 is 2.03 bits per heavy atom. The van der Waals surface area contributed by atoms with E-state index in [-0.39, 0.29) is 11.8 Å². The number of amides is 1. The minimum absolute atomic E-state index is 0.0395. The number of fused-ring (bicyclic) bond motifs is 1. The van der Waals surface area contributed by atoms with Crippen LogP contribution in [0.25, 0.3) is 0 Å². The zero-order valence-electron chi connectivity index (χ0n) is 21.0. The number of likely N-dealkylation sites (tertiary alicyclic amines) is 1. The molecule has 3 heterocycles. The van der Waals surface area contributed by atoms with Gasteiger partial charge in [-0.3, -0.25) is 14.6 Å². The quantitative estimate of drug-likeness (QED) is 0.590. The number of piperidine rings is 1. The molecule has 8 nitrogen and oxygen atoms in total. The molecule has 8 heteroatoms. The summed E-state index contributed by atoms with van der Waals surface area (Å²) < 4.78 is 13.7. The van der Waals surface area contributed by atoms with Gasteiger partial charge in [0.25, 0.3) is 0 Å². The van der Waals surface area contributed by atoms with Crippen molar-refractivity contribution in [1.82, 2.24) is 24.7 Å². The molecule has 1 aromatic heterocycles. The Hall–Kier alpha value is -2.42. The van der Waals surface area contributed by atoms with Crippen LogP contribution in [0.15, 0.2) is 30.6 Å². The second kappa shape index (κ2) is 11.5. The lowest BCUT2D eigenvalue weighted by Gasteiger charge is -2.37. The normalized spacial score (nSPS) is 23.2. The van der Waals surface area contributed by atoms with Crippen molar-refractivity contribution in [2.24, 2.45) is 18.9 Å². The summed E-state index contributed by atoms with van der Waals surface area (Å²) in [5, 5.41) is 3.20. The van der Waals surface area contributed by atoms with Crippen molar-refractivity contribution in [3.63, 3.8) is 0 Å². The summed E-state index contributed by atoms with van der Waals surface area (Å²) in [6.45, 7) is 8.06. The summed E-state index contributed by atoms with van der Waals surface area (Å²) in [7, 11) is 2.02. The fraction of sp³-hybridized carbons (Fsp3) is 0.630. The molecule has 0 bridgehead atoms. The SMILES string of the molecule is Cn1ccnc1CN1C[C@@H](COc2ccc3c(c2)CCC3)C[C@@H](C(=O)NCCN2CCOCC2)C1. The van der Waals surface area contributed by atoms with Crippen LogP contribution in [0.1, 0.15) is 29.8 Å². The van der Waals surface area contributed by atoms with Gasteiger partial charge in [-0.25, -0.2) is 4.98 Å². The van der Waals surface area contributed by atoms with E-state index in [4.69, 9.17) is 9.47 Å². The Bertz CT molecular complexity index is 987. The highest BCUT2D eigenvalue weighted by molar-refractivity contribution is 5.79. The van der Waals surface area contributed by atoms with Crippen molar-refractivity contribution >= 4 is 5.91 Å². The molecule has 3 aliphatic rings. The van der Waals surface area contributed by atoms with Crippen LogP contribution < -0.4 is 10.1 Å². The highest BCUT2D eigenvalue weighted by Crippen LogP contribution is 2.28. The molecule has 1 aliphatic carbocycles. The van der Waals surface area contributed by atoms with Crippen molar-refractivity contribution in [3.8, 4) is 5.75 Å². The molecule has 0 unspecified atom stereocenters. The number of carbonyl (C=O) groups is 1. The van der Waals surface area contributed by atoms with Crippen LogP contribution in [-0.2, 0) is 36.0 Å². The summed E-state index contributed by atoms with van der Waals surface area (Å²) in [6, 6.07) is 6.54. The summed E-state index contributed by atoms with van der Waals surface area (Å²) in [6.07, 6.45) is 8.24. The lowest BCUT2D eigenvalue weighted by atomic mass is 9.89. The molecular formula is C27H39N5O3. The zero-order valence-corrected chi connectivity index (χ0v) is 21.0. The monoisotopic (exact) mass is 481 g/mol. The fourth-order valence-electron chi connectivity index (χ4n) is 5.65. The Balaban J connectivity index is 1.18. The van der Waals surface area contributed by atoms with Crippen LogP contribution in [0.3, 0.4) is 0 Å². The number of carbonyl (C=O) groups excluding carboxylic acids is 1. The maximum Gasteiger partial charge on any atom is 0.224 e. The zero-order chi connectivity index (χ0) is 24.0. The number of ether oxygens (including phenoxy) is 2. The van der Waals surface area contributed by atoms with Crippen molar-refractivity contribution in [1.29, 1.82) is 0 Å². The number of aryl methyl sites for hydroxylation is 3. The summed E-state index contributed by atoms with van der Waals surface area (Å²) >= 11 is 0. The first kappa shape index (κ1) is 24.3. The lowest BCUT2D eigenvalue weighted by Crippen LogP contribution is -2.49. The second-order valence-corrected chi connectivity index (χ2v) is 10.3. The number of hydrogen-bond donors (Lipinski definition) is 1. The van der Waals surface area contributed by atoms with E-state index in [0.717, 1.165) is 76.9 Å². The molecule has 2 aromatic rings. The Morgan fingerprint density at radius 1 is 1.17 bits per heavy atom. The average Bonchev–Trinajstić information content (AvgIpc) is 3.51. The highest BCUT2D eigenvalue weighted by Gasteiger charge is 2.32. The molecule has 1 aromatic carbocycles. The first-order chi connectivity index (χ1) is 17.1. The van der Waals surface area contributed by atoms with E-state index < -0.39 is 0 Å². The van der Waals surface area contributed by atoms with E-state index >= 15 is 0 Å². The van der Waals surface area contributed by atoms with Gasteiger partial charge in [0.1, 0.15) is 11.6 Å². The third-order valence-electron chi connectivity index (χ3n) is 7.66. The third kappa shape index (κ3) is 6.42. The molecule has 2 fully saturated rings. The molecule has 2 saturated heterocycles. The molecule has 0 saturated carbocycles. The topological polar surface area (TPSA) is 71.9 Å². The predicted molar refractivity (Wildman–Crippen MR) is 134 cm³/mol. The first-order valence-corrected chi connectivity index (χ1v) is 13.1. The van der Waals surface area contributed by atoms with Gasteiger partial charge in [0.05, 0.1) is 32.3 Å². The van der Waals surface area contributed by atoms with E-state index in [2.05, 4.69) is 42.9 Å². The molecule has 0 spiro atoms. The predicted octanol–water partition coefficient (Wildman–Crippen LogP) is 1.87. The number of morpholine rings is 1. The Morgan fingerprint density at radius 3 is 2.86 bits per heavy atom. The number of hydrogen-bond acceptors (Lipinski definition) is 6. The molecule has 5 rings (SSSR count). The third-order valence-corrected chi connectivity index (χ3v) is 7.66. The number of imidazole rings is 1. The van der Waals surface area contributed by atoms with E-state index in [1.807, 2.05) is 19.4 Å². The first-order valence-electron chi connectivity index (χ1n) is 13.1. The lowest BCUT2D eigenvalue weighted by molar-refractivity contribution is -0.127. The number of nitrogens with zero attached hydrogens (tertiary/aromatic N) is 4. The second-order valence-electron chi connectivity index (χ2n) is 10.3. The van der Waals surface area contributed by atoms with Crippen molar-refractivity contribution < 1.29 is 14.3 Å². The van der Waals surface area contributed by atoms with Crippen LogP contribution in [0.4, 0.5) is 0 Å². The number of rotatable bonds is 9. The maximum absolute atomic E-state index is 13.2. The number of nitrogens with one attached hydrogen (secondary N) is 1. The molecule has 2 aliphatic heterocycles. The van der Waals surface area contributed by atoms with Gasteiger partial charge in [0, 0.05) is 64.6 Å². The number of benzene rings is 1. The average molecular weight is 482 g/mol. The van der Waals surface area contributed by atoms with Gasteiger partial charge in [-0.1, -0.05) is 6.07 Å². The van der Waals surface area contributed by atoms with Crippen LogP contribution in [0.5, 0.6) is 5.75 Å². The fourth-order valence-corrected chi connectivity index (χ4v) is 5.65. The van der Waals surface area contributed by atoms with Crippen LogP contribution in [0, 0.1) is 11.8 Å². The summed E-state index contributed by atoms with van der Waals surface area (Å²) in [5.41, 5.74) is 2.89. The molecule has 35 heavy (non-hydrogen) atoms. The standard InChI is InChI=1S/C27H39N5O3/c1-30-9-7-28-26(30)19-32-17-21(20-35-25-6-5-22-3-2-4-23(22)16-25)15-24(18-32)27(33)29-8-10-31-11-13-34-14-12-31/h5-7,9,16,21,24H,2-4,8,10-15,17-20H2,1H3,(H,29,33)/t21-,24+/m0/s1. The van der Waals surface area contributed by atoms with Gasteiger partial charge < -0.3 is 19.4 Å². The Kier molecular flexibility index (Phi) is 8.01. The van der Waals surface area contributed by atoms with Gasteiger partial charge in [-0.2, -0.15) is 0 Å². The molecule has 1 N–H and O–H groups in total. The Labute approximate surface area is 208 Å². The highest BCUT2D eigenvalue weighted by atomic mass is 16.5. The molecule has 0 radical (unpaired) electrons. The maximum atomic E-state index is 13.2. The van der Waals surface area contributed by atoms with Crippen molar-refractivity contribution in [2.45, 2.75) is 32.2 Å². The van der Waals surface area contributed by atoms with E-state index in [0.29, 0.717) is 19.1 Å². The van der Waals surface area contributed by atoms with Crippen LogP contribution in [0.2, 0.25) is 0 Å².